The summed E-state index contributed by atoms with van der Waals surface area (Å²) in [6.07, 6.45) is 0.827. The van der Waals surface area contributed by atoms with E-state index >= 15 is 0 Å². The molecule has 7 heteroatoms. The van der Waals surface area contributed by atoms with Crippen LogP contribution in [0.3, 0.4) is 0 Å². The minimum atomic E-state index is -3.66. The highest BCUT2D eigenvalue weighted by Gasteiger charge is 2.22. The molecule has 2 aromatic carbocycles. The molecule has 1 aliphatic heterocycles. The van der Waals surface area contributed by atoms with E-state index in [1.54, 1.807) is 48.5 Å². The highest BCUT2D eigenvalue weighted by Crippen LogP contribution is 2.20. The Morgan fingerprint density at radius 3 is 2.52 bits per heavy atom. The molecule has 0 aromatic heterocycles. The number of sulfonamides is 1. The van der Waals surface area contributed by atoms with Crippen LogP contribution in [-0.4, -0.2) is 27.4 Å². The van der Waals surface area contributed by atoms with Crippen LogP contribution in [0.2, 0.25) is 0 Å². The van der Waals surface area contributed by atoms with Crippen LogP contribution in [0.25, 0.3) is 0 Å². The van der Waals surface area contributed by atoms with E-state index in [1.165, 1.54) is 0 Å². The molecule has 132 valence electrons. The summed E-state index contributed by atoms with van der Waals surface area (Å²) in [5, 5.41) is 6.05. The predicted molar refractivity (Wildman–Crippen MR) is 96.5 cm³/mol. The van der Waals surface area contributed by atoms with E-state index in [0.29, 0.717) is 12.2 Å². The lowest BCUT2D eigenvalue weighted by atomic mass is 10.1. The molecule has 0 bridgehead atoms. The molecular weight excluding hydrogens is 338 g/mol. The van der Waals surface area contributed by atoms with Gasteiger partial charge >= 0.3 is 0 Å². The van der Waals surface area contributed by atoms with Crippen molar-refractivity contribution in [2.45, 2.75) is 17.9 Å². The van der Waals surface area contributed by atoms with Crippen molar-refractivity contribution >= 4 is 21.6 Å². The zero-order chi connectivity index (χ0) is 17.7. The van der Waals surface area contributed by atoms with Gasteiger partial charge in [-0.15, -0.1) is 0 Å². The van der Waals surface area contributed by atoms with E-state index in [0.717, 1.165) is 18.5 Å². The van der Waals surface area contributed by atoms with Crippen LogP contribution < -0.4 is 15.4 Å². The topological polar surface area (TPSA) is 87.3 Å². The predicted octanol–water partition coefficient (Wildman–Crippen LogP) is 1.71. The number of nitrogens with one attached hydrogen (secondary N) is 3. The van der Waals surface area contributed by atoms with Crippen LogP contribution in [-0.2, 0) is 21.4 Å². The molecule has 0 radical (unpaired) electrons. The van der Waals surface area contributed by atoms with Gasteiger partial charge in [-0.05, 0) is 36.7 Å². The van der Waals surface area contributed by atoms with Gasteiger partial charge in [-0.2, -0.15) is 0 Å². The first-order chi connectivity index (χ1) is 12.1. The van der Waals surface area contributed by atoms with Gasteiger partial charge in [0, 0.05) is 13.1 Å². The molecule has 1 amide bonds. The summed E-state index contributed by atoms with van der Waals surface area (Å²) in [7, 11) is -3.66. The molecule has 1 atom stereocenters. The van der Waals surface area contributed by atoms with Gasteiger partial charge in [0.1, 0.15) is 0 Å². The number of hydrogen-bond donors (Lipinski definition) is 3. The standard InChI is InChI=1S/C18H21N3O3S/c22-18(15-10-11-19-12-15)20-13-14-6-4-5-9-17(14)21-25(23,24)16-7-2-1-3-8-16/h1-9,15,19,21H,10-13H2,(H,20,22). The maximum absolute atomic E-state index is 12.5. The fourth-order valence-electron chi connectivity index (χ4n) is 2.78. The Labute approximate surface area is 147 Å². The van der Waals surface area contributed by atoms with E-state index in [4.69, 9.17) is 0 Å². The summed E-state index contributed by atoms with van der Waals surface area (Å²) in [4.78, 5) is 12.3. The highest BCUT2D eigenvalue weighted by atomic mass is 32.2. The molecule has 1 unspecified atom stereocenters. The van der Waals surface area contributed by atoms with Gasteiger partial charge in [0.15, 0.2) is 0 Å². The Morgan fingerprint density at radius 1 is 1.08 bits per heavy atom. The van der Waals surface area contributed by atoms with Gasteiger partial charge in [-0.1, -0.05) is 36.4 Å². The molecule has 1 saturated heterocycles. The van der Waals surface area contributed by atoms with Crippen molar-refractivity contribution in [2.24, 2.45) is 5.92 Å². The summed E-state index contributed by atoms with van der Waals surface area (Å²) < 4.78 is 27.6. The van der Waals surface area contributed by atoms with Gasteiger partial charge in [0.2, 0.25) is 5.91 Å². The molecule has 1 fully saturated rings. The average Bonchev–Trinajstić information content (AvgIpc) is 3.16. The van der Waals surface area contributed by atoms with E-state index < -0.39 is 10.0 Å². The minimum Gasteiger partial charge on any atom is -0.352 e. The summed E-state index contributed by atoms with van der Waals surface area (Å²) in [6.45, 7) is 1.82. The first kappa shape index (κ1) is 17.4. The second-order valence-corrected chi connectivity index (χ2v) is 7.67. The molecule has 3 rings (SSSR count). The number of benzene rings is 2. The van der Waals surface area contributed by atoms with E-state index in [1.807, 2.05) is 6.07 Å². The SMILES string of the molecule is O=C(NCc1ccccc1NS(=O)(=O)c1ccccc1)C1CCNC1. The first-order valence-electron chi connectivity index (χ1n) is 8.20. The molecule has 0 saturated carbocycles. The molecule has 25 heavy (non-hydrogen) atoms. The van der Waals surface area contributed by atoms with Crippen molar-refractivity contribution in [1.29, 1.82) is 0 Å². The number of rotatable bonds is 6. The van der Waals surface area contributed by atoms with Crippen LogP contribution in [0, 0.1) is 5.92 Å². The molecule has 3 N–H and O–H groups in total. The zero-order valence-corrected chi connectivity index (χ0v) is 14.6. The number of amides is 1. The van der Waals surface area contributed by atoms with Gasteiger partial charge in [-0.25, -0.2) is 8.42 Å². The molecule has 0 aliphatic carbocycles. The van der Waals surface area contributed by atoms with Crippen molar-refractivity contribution in [3.8, 4) is 0 Å². The number of hydrogen-bond acceptors (Lipinski definition) is 4. The average molecular weight is 359 g/mol. The number of para-hydroxylation sites is 1. The fourth-order valence-corrected chi connectivity index (χ4v) is 3.90. The van der Waals surface area contributed by atoms with Crippen molar-refractivity contribution in [3.05, 3.63) is 60.2 Å². The fraction of sp³-hybridized carbons (Fsp3) is 0.278. The largest absolute Gasteiger partial charge is 0.352 e. The first-order valence-corrected chi connectivity index (χ1v) is 9.69. The number of carbonyl (C=O) groups excluding carboxylic acids is 1. The van der Waals surface area contributed by atoms with Crippen LogP contribution >= 0.6 is 0 Å². The Morgan fingerprint density at radius 2 is 1.80 bits per heavy atom. The molecule has 1 heterocycles. The Balaban J connectivity index is 1.71. The quantitative estimate of drug-likeness (QED) is 0.733. The summed E-state index contributed by atoms with van der Waals surface area (Å²) in [5.41, 5.74) is 1.19. The third-order valence-electron chi connectivity index (χ3n) is 4.20. The number of carbonyl (C=O) groups is 1. The highest BCUT2D eigenvalue weighted by molar-refractivity contribution is 7.92. The third-order valence-corrected chi connectivity index (χ3v) is 5.58. The van der Waals surface area contributed by atoms with E-state index in [2.05, 4.69) is 15.4 Å². The smallest absolute Gasteiger partial charge is 0.261 e. The second kappa shape index (κ2) is 7.67. The van der Waals surface area contributed by atoms with Crippen LogP contribution in [0.4, 0.5) is 5.69 Å². The molecule has 6 nitrogen and oxygen atoms in total. The zero-order valence-electron chi connectivity index (χ0n) is 13.7. The molecule has 2 aromatic rings. The van der Waals surface area contributed by atoms with Crippen LogP contribution in [0.5, 0.6) is 0 Å². The maximum Gasteiger partial charge on any atom is 0.261 e. The van der Waals surface area contributed by atoms with E-state index in [-0.39, 0.29) is 23.3 Å². The van der Waals surface area contributed by atoms with Crippen LogP contribution in [0.1, 0.15) is 12.0 Å². The van der Waals surface area contributed by atoms with Crippen molar-refractivity contribution < 1.29 is 13.2 Å². The van der Waals surface area contributed by atoms with Crippen molar-refractivity contribution in [1.82, 2.24) is 10.6 Å². The summed E-state index contributed by atoms with van der Waals surface area (Å²) in [6, 6.07) is 15.3. The Kier molecular flexibility index (Phi) is 5.35. The minimum absolute atomic E-state index is 0.00859. The van der Waals surface area contributed by atoms with Gasteiger partial charge in [-0.3, -0.25) is 9.52 Å². The monoisotopic (exact) mass is 359 g/mol. The lowest BCUT2D eigenvalue weighted by molar-refractivity contribution is -0.124. The van der Waals surface area contributed by atoms with Gasteiger partial charge in [0.25, 0.3) is 10.0 Å². The van der Waals surface area contributed by atoms with Crippen LogP contribution in [0.15, 0.2) is 59.5 Å². The normalized spacial score (nSPS) is 17.2. The van der Waals surface area contributed by atoms with Crippen molar-refractivity contribution in [2.75, 3.05) is 17.8 Å². The Bertz CT molecular complexity index is 832. The Hall–Kier alpha value is -2.38. The van der Waals surface area contributed by atoms with Gasteiger partial charge < -0.3 is 10.6 Å². The molecule has 0 spiro atoms. The molecule has 1 aliphatic rings. The lowest BCUT2D eigenvalue weighted by Gasteiger charge is -2.14. The summed E-state index contributed by atoms with van der Waals surface area (Å²) >= 11 is 0. The van der Waals surface area contributed by atoms with E-state index in [9.17, 15) is 13.2 Å². The van der Waals surface area contributed by atoms with Crippen molar-refractivity contribution in [3.63, 3.8) is 0 Å². The third kappa shape index (κ3) is 4.37. The second-order valence-electron chi connectivity index (χ2n) is 5.98. The molecular formula is C18H21N3O3S. The maximum atomic E-state index is 12.5. The summed E-state index contributed by atoms with van der Waals surface area (Å²) in [5.74, 6) is -0.0288. The lowest BCUT2D eigenvalue weighted by Crippen LogP contribution is -2.31. The van der Waals surface area contributed by atoms with Gasteiger partial charge in [0.05, 0.1) is 16.5 Å². The number of anilines is 1.